The Balaban J connectivity index is 1.79. The van der Waals surface area contributed by atoms with Crippen molar-refractivity contribution < 1.29 is 27.9 Å². The van der Waals surface area contributed by atoms with E-state index in [1.807, 2.05) is 0 Å². The molecule has 12 nitrogen and oxygen atoms in total. The lowest BCUT2D eigenvalue weighted by Gasteiger charge is -2.17. The highest BCUT2D eigenvalue weighted by molar-refractivity contribution is 7.19. The predicted octanol–water partition coefficient (Wildman–Crippen LogP) is 2.37. The van der Waals surface area contributed by atoms with Gasteiger partial charge in [-0.05, 0) is 33.8 Å². The standard InChI is InChI=1S/C25H26F3N7O5S/c1-12(2)34-21-17(19(36)32(5)23(34)38)16(20(37)33-10-24(4,39)11-40-33)15(41-21)9-14-13(3)35(22-29-7-6-8-30-22)31-18(14)25(26,27)28/h6-8,12,39H,9-11H2,1-5H3/t24-/m0/s1. The summed E-state index contributed by atoms with van der Waals surface area (Å²) >= 11 is 0.879. The van der Waals surface area contributed by atoms with Gasteiger partial charge in [0.25, 0.3) is 17.4 Å². The van der Waals surface area contributed by atoms with E-state index in [0.29, 0.717) is 0 Å². The van der Waals surface area contributed by atoms with Gasteiger partial charge in [0.1, 0.15) is 17.0 Å². The van der Waals surface area contributed by atoms with Crippen LogP contribution < -0.4 is 11.2 Å². The highest BCUT2D eigenvalue weighted by Gasteiger charge is 2.41. The van der Waals surface area contributed by atoms with Gasteiger partial charge in [-0.1, -0.05) is 0 Å². The zero-order valence-corrected chi connectivity index (χ0v) is 23.5. The average molecular weight is 594 g/mol. The number of halogens is 3. The molecule has 5 rings (SSSR count). The molecule has 1 fully saturated rings. The van der Waals surface area contributed by atoms with E-state index < -0.39 is 47.1 Å². The van der Waals surface area contributed by atoms with E-state index in [0.717, 1.165) is 25.6 Å². The molecule has 0 radical (unpaired) electrons. The smallest absolute Gasteiger partial charge is 0.386 e. The van der Waals surface area contributed by atoms with Crippen LogP contribution in [0.2, 0.25) is 0 Å². The molecule has 1 aliphatic heterocycles. The number of carbonyl (C=O) groups excluding carboxylic acids is 1. The molecule has 1 N–H and O–H groups in total. The van der Waals surface area contributed by atoms with Gasteiger partial charge >= 0.3 is 11.9 Å². The van der Waals surface area contributed by atoms with Crippen LogP contribution in [0.15, 0.2) is 28.0 Å². The summed E-state index contributed by atoms with van der Waals surface area (Å²) in [4.78, 5) is 53.9. The number of amides is 1. The van der Waals surface area contributed by atoms with E-state index in [1.54, 1.807) is 13.8 Å². The topological polar surface area (TPSA) is 137 Å². The van der Waals surface area contributed by atoms with Gasteiger partial charge in [0, 0.05) is 48.0 Å². The minimum atomic E-state index is -4.87. The third-order valence-electron chi connectivity index (χ3n) is 6.75. The van der Waals surface area contributed by atoms with Crippen LogP contribution in [-0.4, -0.2) is 63.7 Å². The van der Waals surface area contributed by atoms with Crippen molar-refractivity contribution in [3.05, 3.63) is 66.7 Å². The minimum Gasteiger partial charge on any atom is -0.386 e. The summed E-state index contributed by atoms with van der Waals surface area (Å²) in [6.07, 6.45) is -2.59. The van der Waals surface area contributed by atoms with Crippen molar-refractivity contribution in [2.45, 2.75) is 51.9 Å². The van der Waals surface area contributed by atoms with Crippen molar-refractivity contribution >= 4 is 27.5 Å². The summed E-state index contributed by atoms with van der Waals surface area (Å²) in [6.45, 7) is 5.87. The first-order valence-electron chi connectivity index (χ1n) is 12.5. The molecule has 5 heterocycles. The average Bonchev–Trinajstić information content (AvgIpc) is 3.56. The lowest BCUT2D eigenvalue weighted by Crippen LogP contribution is -2.39. The molecule has 4 aromatic heterocycles. The van der Waals surface area contributed by atoms with Crippen LogP contribution in [0, 0.1) is 6.92 Å². The molecule has 0 spiro atoms. The number of nitrogens with zero attached hydrogens (tertiary/aromatic N) is 7. The number of hydroxylamine groups is 2. The predicted molar refractivity (Wildman–Crippen MR) is 141 cm³/mol. The Bertz CT molecular complexity index is 1790. The SMILES string of the molecule is Cc1c(Cc2sc3c(c2C(=O)N2C[C@](C)(O)CO2)c(=O)n(C)c(=O)n3C(C)C)c(C(F)(F)F)nn1-c1ncccn1. The van der Waals surface area contributed by atoms with Gasteiger partial charge in [-0.3, -0.25) is 23.6 Å². The number of aliphatic hydroxyl groups is 1. The second-order valence-electron chi connectivity index (χ2n) is 10.4. The summed E-state index contributed by atoms with van der Waals surface area (Å²) in [5, 5.41) is 14.9. The van der Waals surface area contributed by atoms with Crippen LogP contribution in [0.25, 0.3) is 16.2 Å². The van der Waals surface area contributed by atoms with Crippen molar-refractivity contribution in [3.63, 3.8) is 0 Å². The Morgan fingerprint density at radius 3 is 2.46 bits per heavy atom. The van der Waals surface area contributed by atoms with Crippen molar-refractivity contribution in [2.75, 3.05) is 13.2 Å². The lowest BCUT2D eigenvalue weighted by atomic mass is 10.0. The summed E-state index contributed by atoms with van der Waals surface area (Å²) in [7, 11) is 1.27. The number of β-amino-alcohol motifs (C(OH)–C–C–N with tert-alkyl or cyclic N) is 1. The van der Waals surface area contributed by atoms with Gasteiger partial charge in [0.15, 0.2) is 5.69 Å². The number of thiophene rings is 1. The lowest BCUT2D eigenvalue weighted by molar-refractivity contribution is -0.141. The molecular formula is C25H26F3N7O5S. The summed E-state index contributed by atoms with van der Waals surface area (Å²) in [5.74, 6) is -0.898. The fourth-order valence-corrected chi connectivity index (χ4v) is 6.16. The Hall–Kier alpha value is -3.89. The molecule has 41 heavy (non-hydrogen) atoms. The molecule has 1 atom stereocenters. The van der Waals surface area contributed by atoms with E-state index in [1.165, 1.54) is 43.9 Å². The largest absolute Gasteiger partial charge is 0.435 e. The maximum Gasteiger partial charge on any atom is 0.435 e. The first-order chi connectivity index (χ1) is 19.1. The summed E-state index contributed by atoms with van der Waals surface area (Å²) in [5.41, 5.74) is -4.36. The van der Waals surface area contributed by atoms with E-state index in [-0.39, 0.29) is 51.0 Å². The Labute approximate surface area is 234 Å². The number of hydrogen-bond donors (Lipinski definition) is 1. The van der Waals surface area contributed by atoms with Gasteiger partial charge in [0.05, 0.1) is 17.5 Å². The minimum absolute atomic E-state index is 0.0777. The first kappa shape index (κ1) is 28.6. The van der Waals surface area contributed by atoms with Crippen LogP contribution in [0.5, 0.6) is 0 Å². The second kappa shape index (κ2) is 9.88. The van der Waals surface area contributed by atoms with Crippen LogP contribution in [0.4, 0.5) is 13.2 Å². The van der Waals surface area contributed by atoms with Gasteiger partial charge in [-0.25, -0.2) is 24.5 Å². The quantitative estimate of drug-likeness (QED) is 0.373. The molecule has 1 saturated heterocycles. The fourth-order valence-electron chi connectivity index (χ4n) is 4.74. The van der Waals surface area contributed by atoms with E-state index >= 15 is 0 Å². The van der Waals surface area contributed by atoms with E-state index in [4.69, 9.17) is 4.84 Å². The Morgan fingerprint density at radius 1 is 1.24 bits per heavy atom. The maximum atomic E-state index is 14.3. The maximum absolute atomic E-state index is 14.3. The molecule has 4 aromatic rings. The van der Waals surface area contributed by atoms with Gasteiger partial charge in [-0.2, -0.15) is 18.3 Å². The van der Waals surface area contributed by atoms with Gasteiger partial charge in [-0.15, -0.1) is 11.3 Å². The van der Waals surface area contributed by atoms with Crippen LogP contribution in [0.1, 0.15) is 59.0 Å². The summed E-state index contributed by atoms with van der Waals surface area (Å²) < 4.78 is 45.9. The number of carbonyl (C=O) groups is 1. The van der Waals surface area contributed by atoms with Crippen molar-refractivity contribution in [1.82, 2.24) is 33.9 Å². The Kier molecular flexibility index (Phi) is 6.90. The number of rotatable bonds is 5. The zero-order valence-electron chi connectivity index (χ0n) is 22.7. The molecule has 16 heteroatoms. The molecule has 1 aliphatic rings. The zero-order chi connectivity index (χ0) is 30.0. The van der Waals surface area contributed by atoms with Crippen molar-refractivity contribution in [3.8, 4) is 5.95 Å². The molecule has 0 aromatic carbocycles. The van der Waals surface area contributed by atoms with Crippen molar-refractivity contribution in [1.29, 1.82) is 0 Å². The molecular weight excluding hydrogens is 567 g/mol. The molecule has 1 amide bonds. The normalized spacial score (nSPS) is 17.8. The van der Waals surface area contributed by atoms with Crippen LogP contribution in [0.3, 0.4) is 0 Å². The number of hydrogen-bond acceptors (Lipinski definition) is 9. The monoisotopic (exact) mass is 593 g/mol. The van der Waals surface area contributed by atoms with Crippen molar-refractivity contribution in [2.24, 2.45) is 7.05 Å². The van der Waals surface area contributed by atoms with E-state index in [2.05, 4.69) is 15.1 Å². The molecule has 0 saturated carbocycles. The second-order valence-corrected chi connectivity index (χ2v) is 11.4. The Morgan fingerprint density at radius 2 is 1.90 bits per heavy atom. The third kappa shape index (κ3) is 4.85. The van der Waals surface area contributed by atoms with Gasteiger partial charge in [0.2, 0.25) is 0 Å². The molecule has 0 aliphatic carbocycles. The molecule has 0 unspecified atom stereocenters. The van der Waals surface area contributed by atoms with Crippen LogP contribution in [-0.2, 0) is 24.5 Å². The highest BCUT2D eigenvalue weighted by Crippen LogP contribution is 2.38. The van der Waals surface area contributed by atoms with E-state index in [9.17, 15) is 32.7 Å². The highest BCUT2D eigenvalue weighted by atomic mass is 32.1. The van der Waals surface area contributed by atoms with Gasteiger partial charge < -0.3 is 5.11 Å². The summed E-state index contributed by atoms with van der Waals surface area (Å²) in [6, 6.07) is 1.07. The first-order valence-corrected chi connectivity index (χ1v) is 13.3. The third-order valence-corrected chi connectivity index (χ3v) is 7.94. The van der Waals surface area contributed by atoms with Crippen LogP contribution >= 0.6 is 11.3 Å². The molecule has 218 valence electrons. The number of aromatic nitrogens is 6. The molecule has 0 bridgehead atoms. The number of fused-ring (bicyclic) bond motifs is 1. The number of alkyl halides is 3. The fraction of sp³-hybridized carbons (Fsp3) is 0.440.